The Morgan fingerprint density at radius 1 is 1.11 bits per heavy atom. The lowest BCUT2D eigenvalue weighted by atomic mass is 9.99. The molecule has 7 nitrogen and oxygen atoms in total. The summed E-state index contributed by atoms with van der Waals surface area (Å²) in [5.74, 6) is 0.360. The predicted octanol–water partition coefficient (Wildman–Crippen LogP) is 2.14. The second-order valence-electron chi connectivity index (χ2n) is 7.59. The van der Waals surface area contributed by atoms with Crippen molar-refractivity contribution in [3.8, 4) is 5.75 Å². The molecular weight excluding hydrogens is 378 g/mol. The molecule has 1 aromatic carbocycles. The Morgan fingerprint density at radius 2 is 1.82 bits per heavy atom. The number of nitrogens with zero attached hydrogens (tertiary/aromatic N) is 2. The van der Waals surface area contributed by atoms with Crippen LogP contribution in [0, 0.1) is 5.92 Å². The number of ether oxygens (including phenoxy) is 1. The number of hydrogen-bond acceptors (Lipinski definition) is 4. The zero-order chi connectivity index (χ0) is 20.0. The van der Waals surface area contributed by atoms with E-state index in [1.807, 2.05) is 24.3 Å². The smallest absolute Gasteiger partial charge is 0.281 e. The summed E-state index contributed by atoms with van der Waals surface area (Å²) >= 11 is 0. The minimum atomic E-state index is -3.48. The van der Waals surface area contributed by atoms with E-state index in [0.29, 0.717) is 32.6 Å². The Morgan fingerprint density at radius 3 is 2.54 bits per heavy atom. The van der Waals surface area contributed by atoms with Crippen molar-refractivity contribution in [1.82, 2.24) is 13.9 Å². The molecule has 0 aromatic heterocycles. The van der Waals surface area contributed by atoms with Gasteiger partial charge in [-0.1, -0.05) is 25.0 Å². The summed E-state index contributed by atoms with van der Waals surface area (Å²) in [5, 5.41) is 2.95. The maximum Gasteiger partial charge on any atom is 0.281 e. The summed E-state index contributed by atoms with van der Waals surface area (Å²) < 4.78 is 34.4. The number of carbonyl (C=O) groups is 1. The van der Waals surface area contributed by atoms with Gasteiger partial charge in [-0.3, -0.25) is 4.79 Å². The molecule has 0 spiro atoms. The topological polar surface area (TPSA) is 79.0 Å². The van der Waals surface area contributed by atoms with Gasteiger partial charge in [0.15, 0.2) is 0 Å². The number of amides is 1. The molecule has 156 valence electrons. The summed E-state index contributed by atoms with van der Waals surface area (Å²) in [4.78, 5) is 12.7. The Labute approximate surface area is 168 Å². The van der Waals surface area contributed by atoms with Crippen LogP contribution in [0.3, 0.4) is 0 Å². The van der Waals surface area contributed by atoms with E-state index in [2.05, 4.69) is 5.32 Å². The third-order valence-electron chi connectivity index (χ3n) is 5.57. The van der Waals surface area contributed by atoms with E-state index < -0.39 is 10.2 Å². The number of methoxy groups -OCH3 is 1. The fourth-order valence-electron chi connectivity index (χ4n) is 3.92. The maximum absolute atomic E-state index is 13.0. The molecular formula is C20H31N3O4S. The highest BCUT2D eigenvalue weighted by Gasteiger charge is 2.35. The summed E-state index contributed by atoms with van der Waals surface area (Å²) in [5.41, 5.74) is 0.956. The first-order valence-electron chi connectivity index (χ1n) is 10.2. The van der Waals surface area contributed by atoms with Gasteiger partial charge in [-0.15, -0.1) is 0 Å². The molecule has 1 N–H and O–H groups in total. The fourth-order valence-corrected chi connectivity index (χ4v) is 5.69. The van der Waals surface area contributed by atoms with Crippen molar-refractivity contribution in [3.63, 3.8) is 0 Å². The van der Waals surface area contributed by atoms with Crippen LogP contribution in [-0.4, -0.2) is 56.2 Å². The number of nitrogens with one attached hydrogen (secondary N) is 1. The van der Waals surface area contributed by atoms with Crippen LogP contribution < -0.4 is 10.1 Å². The molecule has 0 saturated carbocycles. The third-order valence-corrected chi connectivity index (χ3v) is 7.58. The van der Waals surface area contributed by atoms with Gasteiger partial charge in [0.1, 0.15) is 5.75 Å². The Balaban J connectivity index is 1.58. The zero-order valence-corrected chi connectivity index (χ0v) is 17.4. The van der Waals surface area contributed by atoms with E-state index in [1.54, 1.807) is 11.4 Å². The molecule has 0 aliphatic carbocycles. The van der Waals surface area contributed by atoms with Gasteiger partial charge in [0.25, 0.3) is 10.2 Å². The molecule has 1 amide bonds. The van der Waals surface area contributed by atoms with E-state index in [9.17, 15) is 13.2 Å². The highest BCUT2D eigenvalue weighted by Crippen LogP contribution is 2.23. The third kappa shape index (κ3) is 5.24. The van der Waals surface area contributed by atoms with E-state index >= 15 is 0 Å². The van der Waals surface area contributed by atoms with Crippen LogP contribution >= 0.6 is 0 Å². The molecule has 0 bridgehead atoms. The summed E-state index contributed by atoms with van der Waals surface area (Å²) in [7, 11) is -1.87. The van der Waals surface area contributed by atoms with Crippen molar-refractivity contribution < 1.29 is 17.9 Å². The van der Waals surface area contributed by atoms with E-state index in [1.165, 1.54) is 4.31 Å². The fraction of sp³-hybridized carbons (Fsp3) is 0.650. The molecule has 2 aliphatic rings. The van der Waals surface area contributed by atoms with Crippen LogP contribution in [0.4, 0.5) is 0 Å². The first-order valence-corrected chi connectivity index (χ1v) is 11.6. The van der Waals surface area contributed by atoms with Gasteiger partial charge < -0.3 is 10.1 Å². The van der Waals surface area contributed by atoms with Gasteiger partial charge in [0, 0.05) is 32.7 Å². The average Bonchev–Trinajstić information content (AvgIpc) is 3.02. The molecule has 0 radical (unpaired) electrons. The number of carbonyl (C=O) groups excluding carboxylic acids is 1. The number of rotatable bonds is 6. The maximum atomic E-state index is 13.0. The molecule has 1 aromatic rings. The number of benzene rings is 1. The van der Waals surface area contributed by atoms with Crippen molar-refractivity contribution in [2.75, 3.05) is 33.3 Å². The first-order chi connectivity index (χ1) is 13.5. The monoisotopic (exact) mass is 409 g/mol. The highest BCUT2D eigenvalue weighted by atomic mass is 32.2. The molecule has 1 atom stereocenters. The molecule has 3 rings (SSSR count). The molecule has 2 saturated heterocycles. The van der Waals surface area contributed by atoms with Gasteiger partial charge in [-0.25, -0.2) is 0 Å². The minimum absolute atomic E-state index is 0.0846. The summed E-state index contributed by atoms with van der Waals surface area (Å²) in [6.07, 6.45) is 5.43. The van der Waals surface area contributed by atoms with Crippen LogP contribution in [0.25, 0.3) is 0 Å². The van der Waals surface area contributed by atoms with Gasteiger partial charge in [0.2, 0.25) is 5.91 Å². The normalized spacial score (nSPS) is 22.4. The second-order valence-corrected chi connectivity index (χ2v) is 9.52. The predicted molar refractivity (Wildman–Crippen MR) is 108 cm³/mol. The Hall–Kier alpha value is -1.64. The zero-order valence-electron chi connectivity index (χ0n) is 16.6. The minimum Gasteiger partial charge on any atom is -0.497 e. The Bertz CT molecular complexity index is 760. The van der Waals surface area contributed by atoms with E-state index in [0.717, 1.165) is 43.4 Å². The van der Waals surface area contributed by atoms with Crippen LogP contribution in [-0.2, 0) is 21.5 Å². The van der Waals surface area contributed by atoms with Crippen molar-refractivity contribution in [1.29, 1.82) is 0 Å². The molecule has 2 aliphatic heterocycles. The lowest BCUT2D eigenvalue weighted by Gasteiger charge is -2.34. The van der Waals surface area contributed by atoms with Gasteiger partial charge in [-0.05, 0) is 43.4 Å². The molecule has 28 heavy (non-hydrogen) atoms. The quantitative estimate of drug-likeness (QED) is 0.781. The van der Waals surface area contributed by atoms with Gasteiger partial charge in [0.05, 0.1) is 13.0 Å². The van der Waals surface area contributed by atoms with Crippen LogP contribution in [0.15, 0.2) is 24.3 Å². The SMILES string of the molecule is COc1cccc(CNC(=O)[C@@H]2CCCN(S(=O)(=O)N3CCCCCC3)C2)c1. The van der Waals surface area contributed by atoms with Crippen molar-refractivity contribution in [2.45, 2.75) is 45.1 Å². The summed E-state index contributed by atoms with van der Waals surface area (Å²) in [6.45, 7) is 2.35. The van der Waals surface area contributed by atoms with Gasteiger partial charge in [-0.2, -0.15) is 17.0 Å². The molecule has 8 heteroatoms. The van der Waals surface area contributed by atoms with E-state index in [4.69, 9.17) is 4.74 Å². The Kier molecular flexibility index (Phi) is 7.31. The molecule has 0 unspecified atom stereocenters. The lowest BCUT2D eigenvalue weighted by molar-refractivity contribution is -0.126. The van der Waals surface area contributed by atoms with Crippen LogP contribution in [0.5, 0.6) is 5.75 Å². The van der Waals surface area contributed by atoms with Crippen LogP contribution in [0.2, 0.25) is 0 Å². The van der Waals surface area contributed by atoms with E-state index in [-0.39, 0.29) is 18.4 Å². The first kappa shape index (κ1) is 21.1. The second kappa shape index (κ2) is 9.71. The van der Waals surface area contributed by atoms with Crippen molar-refractivity contribution in [3.05, 3.63) is 29.8 Å². The largest absolute Gasteiger partial charge is 0.497 e. The number of hydrogen-bond donors (Lipinski definition) is 1. The number of piperidine rings is 1. The van der Waals surface area contributed by atoms with Crippen molar-refractivity contribution >= 4 is 16.1 Å². The molecule has 2 fully saturated rings. The molecule has 2 heterocycles. The van der Waals surface area contributed by atoms with Gasteiger partial charge >= 0.3 is 0 Å². The van der Waals surface area contributed by atoms with Crippen LogP contribution in [0.1, 0.15) is 44.1 Å². The average molecular weight is 410 g/mol. The highest BCUT2D eigenvalue weighted by molar-refractivity contribution is 7.86. The standard InChI is InChI=1S/C20H31N3O4S/c1-27-19-10-6-8-17(14-19)15-21-20(24)18-9-7-13-23(16-18)28(25,26)22-11-4-2-3-5-12-22/h6,8,10,14,18H,2-5,7,9,11-13,15-16H2,1H3,(H,21,24)/t18-/m1/s1. The lowest BCUT2D eigenvalue weighted by Crippen LogP contribution is -2.50. The van der Waals surface area contributed by atoms with Crippen molar-refractivity contribution in [2.24, 2.45) is 5.92 Å². The summed E-state index contributed by atoms with van der Waals surface area (Å²) in [6, 6.07) is 7.56.